The lowest BCUT2D eigenvalue weighted by Crippen LogP contribution is -2.07. The number of nitrogens with one attached hydrogen (secondary N) is 1. The van der Waals surface area contributed by atoms with Crippen LogP contribution in [0.2, 0.25) is 0 Å². The fraction of sp³-hybridized carbons (Fsp3) is 0.222. The van der Waals surface area contributed by atoms with Gasteiger partial charge >= 0.3 is 0 Å². The Hall–Kier alpha value is -1.42. The molecule has 0 aliphatic heterocycles. The Bertz CT molecular complexity index is 410. The van der Waals surface area contributed by atoms with Gasteiger partial charge in [0.05, 0.1) is 17.4 Å². The smallest absolute Gasteiger partial charge is 0.137 e. The Labute approximate surface area is 74.8 Å². The number of H-pyrrole nitrogens is 1. The second-order valence-corrected chi connectivity index (χ2v) is 2.88. The summed E-state index contributed by atoms with van der Waals surface area (Å²) < 4.78 is 13.1. The highest BCUT2D eigenvalue weighted by atomic mass is 19.1. The molecular formula is C9H10FN3. The number of fused-ring (bicyclic) bond motifs is 1. The Morgan fingerprint density at radius 3 is 3.15 bits per heavy atom. The molecule has 1 unspecified atom stereocenters. The highest BCUT2D eigenvalue weighted by Crippen LogP contribution is 2.19. The molecule has 0 spiro atoms. The Kier molecular flexibility index (Phi) is 1.98. The molecule has 2 aromatic rings. The number of benzene rings is 1. The summed E-state index contributed by atoms with van der Waals surface area (Å²) in [5.41, 5.74) is 7.50. The molecule has 0 fully saturated rings. The second kappa shape index (κ2) is 3.14. The van der Waals surface area contributed by atoms with E-state index in [-0.39, 0.29) is 6.54 Å². The molecule has 2 rings (SSSR count). The van der Waals surface area contributed by atoms with Crippen molar-refractivity contribution < 1.29 is 4.39 Å². The zero-order valence-corrected chi connectivity index (χ0v) is 7.00. The quantitative estimate of drug-likeness (QED) is 0.734. The summed E-state index contributed by atoms with van der Waals surface area (Å²) in [6.45, 7) is 0.0135. The molecule has 13 heavy (non-hydrogen) atoms. The van der Waals surface area contributed by atoms with Gasteiger partial charge in [-0.25, -0.2) is 9.37 Å². The number of hydrogen-bond donors (Lipinski definition) is 2. The van der Waals surface area contributed by atoms with Gasteiger partial charge in [0.2, 0.25) is 0 Å². The standard InChI is InChI=1S/C9H10FN3/c10-7(4-11)6-1-2-8-9(3-6)13-5-12-8/h1-3,5,7H,4,11H2,(H,12,13). The van der Waals surface area contributed by atoms with Crippen LogP contribution in [-0.2, 0) is 0 Å². The molecule has 68 valence electrons. The van der Waals surface area contributed by atoms with E-state index in [1.807, 2.05) is 0 Å². The average molecular weight is 179 g/mol. The van der Waals surface area contributed by atoms with Gasteiger partial charge in [-0.05, 0) is 17.7 Å². The van der Waals surface area contributed by atoms with Crippen molar-refractivity contribution in [2.24, 2.45) is 5.73 Å². The van der Waals surface area contributed by atoms with Crippen LogP contribution in [0.1, 0.15) is 11.7 Å². The fourth-order valence-electron chi connectivity index (χ4n) is 1.28. The fourth-order valence-corrected chi connectivity index (χ4v) is 1.28. The summed E-state index contributed by atoms with van der Waals surface area (Å²) in [5.74, 6) is 0. The summed E-state index contributed by atoms with van der Waals surface area (Å²) in [4.78, 5) is 6.96. The number of aromatic nitrogens is 2. The van der Waals surface area contributed by atoms with E-state index in [1.54, 1.807) is 24.5 Å². The molecule has 0 radical (unpaired) electrons. The van der Waals surface area contributed by atoms with Gasteiger partial charge < -0.3 is 10.7 Å². The van der Waals surface area contributed by atoms with Crippen molar-refractivity contribution in [3.63, 3.8) is 0 Å². The van der Waals surface area contributed by atoms with Crippen LogP contribution in [0.15, 0.2) is 24.5 Å². The first-order valence-corrected chi connectivity index (χ1v) is 4.08. The van der Waals surface area contributed by atoms with Crippen molar-refractivity contribution in [2.45, 2.75) is 6.17 Å². The third-order valence-electron chi connectivity index (χ3n) is 2.01. The lowest BCUT2D eigenvalue weighted by molar-refractivity contribution is 0.353. The molecule has 3 nitrogen and oxygen atoms in total. The molecule has 1 heterocycles. The minimum Gasteiger partial charge on any atom is -0.345 e. The van der Waals surface area contributed by atoms with Crippen LogP contribution < -0.4 is 5.73 Å². The number of imidazole rings is 1. The SMILES string of the molecule is NCC(F)c1ccc2nc[nH]c2c1. The van der Waals surface area contributed by atoms with Gasteiger partial charge in [-0.3, -0.25) is 0 Å². The second-order valence-electron chi connectivity index (χ2n) is 2.88. The third kappa shape index (κ3) is 1.40. The minimum absolute atomic E-state index is 0.0135. The zero-order chi connectivity index (χ0) is 9.26. The van der Waals surface area contributed by atoms with Crippen LogP contribution in [0.5, 0.6) is 0 Å². The van der Waals surface area contributed by atoms with E-state index in [0.29, 0.717) is 5.56 Å². The number of rotatable bonds is 2. The number of aromatic amines is 1. The summed E-state index contributed by atoms with van der Waals surface area (Å²) in [6, 6.07) is 5.23. The molecule has 0 amide bonds. The molecule has 0 saturated heterocycles. The molecule has 1 atom stereocenters. The molecular weight excluding hydrogens is 169 g/mol. The molecule has 0 saturated carbocycles. The van der Waals surface area contributed by atoms with Gasteiger partial charge in [-0.2, -0.15) is 0 Å². The number of hydrogen-bond acceptors (Lipinski definition) is 2. The van der Waals surface area contributed by atoms with Crippen molar-refractivity contribution in [1.29, 1.82) is 0 Å². The van der Waals surface area contributed by atoms with Gasteiger partial charge in [0.1, 0.15) is 6.17 Å². The van der Waals surface area contributed by atoms with Crippen LogP contribution in [0.4, 0.5) is 4.39 Å². The lowest BCUT2D eigenvalue weighted by Gasteiger charge is -2.04. The van der Waals surface area contributed by atoms with Gasteiger partial charge in [0.15, 0.2) is 0 Å². The summed E-state index contributed by atoms with van der Waals surface area (Å²) in [6.07, 6.45) is 0.497. The molecule has 3 N–H and O–H groups in total. The van der Waals surface area contributed by atoms with Crippen LogP contribution in [0.25, 0.3) is 11.0 Å². The maximum absolute atomic E-state index is 13.1. The van der Waals surface area contributed by atoms with Crippen LogP contribution in [0, 0.1) is 0 Å². The van der Waals surface area contributed by atoms with Crippen LogP contribution in [-0.4, -0.2) is 16.5 Å². The number of nitrogens with zero attached hydrogens (tertiary/aromatic N) is 1. The van der Waals surface area contributed by atoms with Crippen LogP contribution in [0.3, 0.4) is 0 Å². The van der Waals surface area contributed by atoms with Crippen molar-refractivity contribution in [2.75, 3.05) is 6.54 Å². The Morgan fingerprint density at radius 2 is 2.38 bits per heavy atom. The Balaban J connectivity index is 2.48. The number of halogens is 1. The van der Waals surface area contributed by atoms with E-state index in [0.717, 1.165) is 11.0 Å². The van der Waals surface area contributed by atoms with E-state index in [9.17, 15) is 4.39 Å². The van der Waals surface area contributed by atoms with Crippen molar-refractivity contribution in [1.82, 2.24) is 9.97 Å². The highest BCUT2D eigenvalue weighted by Gasteiger charge is 2.07. The summed E-state index contributed by atoms with van der Waals surface area (Å²) >= 11 is 0. The van der Waals surface area contributed by atoms with E-state index >= 15 is 0 Å². The largest absolute Gasteiger partial charge is 0.345 e. The van der Waals surface area contributed by atoms with Crippen molar-refractivity contribution >= 4 is 11.0 Å². The Morgan fingerprint density at radius 1 is 1.54 bits per heavy atom. The molecule has 0 aliphatic carbocycles. The first kappa shape index (κ1) is 8.19. The summed E-state index contributed by atoms with van der Waals surface area (Å²) in [5, 5.41) is 0. The predicted molar refractivity (Wildman–Crippen MR) is 49.0 cm³/mol. The maximum atomic E-state index is 13.1. The molecule has 4 heteroatoms. The minimum atomic E-state index is -1.09. The van der Waals surface area contributed by atoms with Gasteiger partial charge in [-0.1, -0.05) is 6.07 Å². The van der Waals surface area contributed by atoms with Crippen molar-refractivity contribution in [3.05, 3.63) is 30.1 Å². The predicted octanol–water partition coefficient (Wildman–Crippen LogP) is 1.53. The first-order valence-electron chi connectivity index (χ1n) is 4.08. The van der Waals surface area contributed by atoms with E-state index in [1.165, 1.54) is 0 Å². The lowest BCUT2D eigenvalue weighted by atomic mass is 10.1. The summed E-state index contributed by atoms with van der Waals surface area (Å²) in [7, 11) is 0. The first-order chi connectivity index (χ1) is 6.31. The van der Waals surface area contributed by atoms with Gasteiger partial charge in [0, 0.05) is 6.54 Å². The third-order valence-corrected chi connectivity index (χ3v) is 2.01. The van der Waals surface area contributed by atoms with Crippen molar-refractivity contribution in [3.8, 4) is 0 Å². The monoisotopic (exact) mass is 179 g/mol. The number of nitrogens with two attached hydrogens (primary N) is 1. The van der Waals surface area contributed by atoms with E-state index in [4.69, 9.17) is 5.73 Å². The highest BCUT2D eigenvalue weighted by molar-refractivity contribution is 5.75. The maximum Gasteiger partial charge on any atom is 0.137 e. The number of alkyl halides is 1. The normalized spacial score (nSPS) is 13.4. The molecule has 0 aliphatic rings. The van der Waals surface area contributed by atoms with Gasteiger partial charge in [-0.15, -0.1) is 0 Å². The molecule has 1 aromatic heterocycles. The van der Waals surface area contributed by atoms with Crippen LogP contribution >= 0.6 is 0 Å². The molecule has 0 bridgehead atoms. The molecule has 1 aromatic carbocycles. The average Bonchev–Trinajstić information content (AvgIpc) is 2.63. The van der Waals surface area contributed by atoms with E-state index in [2.05, 4.69) is 9.97 Å². The van der Waals surface area contributed by atoms with Gasteiger partial charge in [0.25, 0.3) is 0 Å². The topological polar surface area (TPSA) is 54.7 Å². The van der Waals surface area contributed by atoms with E-state index < -0.39 is 6.17 Å². The zero-order valence-electron chi connectivity index (χ0n) is 7.00.